The molecule has 2 amide bonds. The molecule has 2 aromatic carbocycles. The average Bonchev–Trinajstić information content (AvgIpc) is 3.42. The Labute approximate surface area is 190 Å². The molecule has 6 nitrogen and oxygen atoms in total. The minimum absolute atomic E-state index is 0.112. The summed E-state index contributed by atoms with van der Waals surface area (Å²) in [5.74, 6) is -1.08. The maximum absolute atomic E-state index is 13.0. The molecule has 1 aromatic heterocycles. The molecule has 1 unspecified atom stereocenters. The van der Waals surface area contributed by atoms with Crippen molar-refractivity contribution in [3.05, 3.63) is 64.7 Å². The summed E-state index contributed by atoms with van der Waals surface area (Å²) < 4.78 is 39.0. The molecule has 1 aliphatic rings. The molecule has 1 atom stereocenters. The number of nitrogens with one attached hydrogen (secondary N) is 1. The Morgan fingerprint density at radius 1 is 1.12 bits per heavy atom. The Balaban J connectivity index is 1.48. The van der Waals surface area contributed by atoms with Crippen molar-refractivity contribution >= 4 is 39.9 Å². The van der Waals surface area contributed by atoms with Crippen molar-refractivity contribution in [3.63, 3.8) is 0 Å². The molecule has 4 rings (SSSR count). The molecule has 2 heterocycles. The van der Waals surface area contributed by atoms with E-state index in [2.05, 4.69) is 15.5 Å². The summed E-state index contributed by atoms with van der Waals surface area (Å²) in [6.07, 6.45) is -3.60. The van der Waals surface area contributed by atoms with Gasteiger partial charge in [0.25, 0.3) is 5.91 Å². The van der Waals surface area contributed by atoms with Crippen LogP contribution in [0.4, 0.5) is 18.3 Å². The molecule has 0 spiro atoms. The number of likely N-dealkylation sites (tertiary alicyclic amines) is 1. The maximum atomic E-state index is 13.0. The lowest BCUT2D eigenvalue weighted by Crippen LogP contribution is -2.43. The highest BCUT2D eigenvalue weighted by Gasteiger charge is 2.36. The van der Waals surface area contributed by atoms with E-state index < -0.39 is 29.6 Å². The molecule has 1 N–H and O–H groups in total. The van der Waals surface area contributed by atoms with Gasteiger partial charge in [-0.2, -0.15) is 13.2 Å². The molecule has 0 saturated carbocycles. The summed E-state index contributed by atoms with van der Waals surface area (Å²) in [6, 6.07) is 10.4. The smallest absolute Gasteiger partial charge is 0.327 e. The SMILES string of the molecule is O=C(Nc1nnc(-c2cccc(Cl)c2)s1)C1CCCN1C(=O)c1cccc(C(F)(F)F)c1. The highest BCUT2D eigenvalue weighted by Crippen LogP contribution is 2.31. The van der Waals surface area contributed by atoms with Crippen LogP contribution in [0.25, 0.3) is 10.6 Å². The van der Waals surface area contributed by atoms with Crippen LogP contribution in [0, 0.1) is 0 Å². The van der Waals surface area contributed by atoms with Gasteiger partial charge < -0.3 is 4.90 Å². The van der Waals surface area contributed by atoms with Crippen LogP contribution in [0.3, 0.4) is 0 Å². The van der Waals surface area contributed by atoms with Gasteiger partial charge in [-0.25, -0.2) is 0 Å². The fourth-order valence-electron chi connectivity index (χ4n) is 3.48. The van der Waals surface area contributed by atoms with Crippen molar-refractivity contribution in [3.8, 4) is 10.6 Å². The lowest BCUT2D eigenvalue weighted by molar-refractivity contribution is -0.137. The topological polar surface area (TPSA) is 75.2 Å². The van der Waals surface area contributed by atoms with E-state index >= 15 is 0 Å². The predicted molar refractivity (Wildman–Crippen MR) is 114 cm³/mol. The third-order valence-electron chi connectivity index (χ3n) is 4.98. The number of anilines is 1. The van der Waals surface area contributed by atoms with Gasteiger partial charge in [-0.1, -0.05) is 41.1 Å². The number of rotatable bonds is 4. The van der Waals surface area contributed by atoms with E-state index in [1.165, 1.54) is 17.0 Å². The van der Waals surface area contributed by atoms with Crippen LogP contribution in [0.15, 0.2) is 48.5 Å². The molecule has 11 heteroatoms. The van der Waals surface area contributed by atoms with Gasteiger partial charge in [0.2, 0.25) is 11.0 Å². The zero-order valence-electron chi connectivity index (χ0n) is 16.4. The van der Waals surface area contributed by atoms with E-state index in [1.54, 1.807) is 18.2 Å². The monoisotopic (exact) mass is 480 g/mol. The number of nitrogens with zero attached hydrogens (tertiary/aromatic N) is 3. The maximum Gasteiger partial charge on any atom is 0.416 e. The van der Waals surface area contributed by atoms with Crippen LogP contribution in [0.2, 0.25) is 5.02 Å². The van der Waals surface area contributed by atoms with E-state index in [0.717, 1.165) is 29.0 Å². The van der Waals surface area contributed by atoms with Crippen molar-refractivity contribution < 1.29 is 22.8 Å². The number of carbonyl (C=O) groups excluding carboxylic acids is 2. The van der Waals surface area contributed by atoms with E-state index in [9.17, 15) is 22.8 Å². The van der Waals surface area contributed by atoms with Crippen molar-refractivity contribution in [1.29, 1.82) is 0 Å². The molecule has 1 aliphatic heterocycles. The van der Waals surface area contributed by atoms with Gasteiger partial charge in [0.05, 0.1) is 5.56 Å². The standard InChI is InChI=1S/C21H16ClF3N4O2S/c22-15-7-2-4-12(11-15)18-27-28-20(32-18)26-17(30)16-8-3-9-29(16)19(31)13-5-1-6-14(10-13)21(23,24)25/h1-2,4-7,10-11,16H,3,8-9H2,(H,26,28,30). The number of aromatic nitrogens is 2. The van der Waals surface area contributed by atoms with Gasteiger partial charge in [0.1, 0.15) is 11.0 Å². The molecule has 1 fully saturated rings. The number of hydrogen-bond acceptors (Lipinski definition) is 5. The number of hydrogen-bond donors (Lipinski definition) is 1. The van der Waals surface area contributed by atoms with Crippen molar-refractivity contribution in [2.75, 3.05) is 11.9 Å². The van der Waals surface area contributed by atoms with Crippen LogP contribution < -0.4 is 5.32 Å². The molecule has 166 valence electrons. The van der Waals surface area contributed by atoms with Gasteiger partial charge in [-0.15, -0.1) is 10.2 Å². The first-order valence-electron chi connectivity index (χ1n) is 9.61. The third kappa shape index (κ3) is 4.76. The molecule has 1 saturated heterocycles. The predicted octanol–water partition coefficient (Wildman–Crippen LogP) is 5.12. The van der Waals surface area contributed by atoms with Gasteiger partial charge in [-0.3, -0.25) is 14.9 Å². The number of halogens is 4. The summed E-state index contributed by atoms with van der Waals surface area (Å²) in [6.45, 7) is 0.275. The van der Waals surface area contributed by atoms with E-state index in [-0.39, 0.29) is 17.2 Å². The van der Waals surface area contributed by atoms with Crippen molar-refractivity contribution in [2.24, 2.45) is 0 Å². The quantitative estimate of drug-likeness (QED) is 0.562. The molecular formula is C21H16ClF3N4O2S. The first kappa shape index (κ1) is 22.2. The summed E-state index contributed by atoms with van der Waals surface area (Å²) in [4.78, 5) is 27.0. The number of carbonyl (C=O) groups is 2. The van der Waals surface area contributed by atoms with Crippen LogP contribution in [-0.4, -0.2) is 39.5 Å². The Kier molecular flexibility index (Phi) is 6.16. The Hall–Kier alpha value is -2.98. The van der Waals surface area contributed by atoms with Crippen LogP contribution in [0.5, 0.6) is 0 Å². The van der Waals surface area contributed by atoms with Gasteiger partial charge in [-0.05, 0) is 43.2 Å². The molecule has 3 aromatic rings. The molecule has 0 bridgehead atoms. The molecular weight excluding hydrogens is 465 g/mol. The number of benzene rings is 2. The van der Waals surface area contributed by atoms with Crippen LogP contribution in [-0.2, 0) is 11.0 Å². The average molecular weight is 481 g/mol. The van der Waals surface area contributed by atoms with Crippen LogP contribution >= 0.6 is 22.9 Å². The van der Waals surface area contributed by atoms with Gasteiger partial charge in [0, 0.05) is 22.7 Å². The normalized spacial score (nSPS) is 16.2. The Morgan fingerprint density at radius 2 is 1.91 bits per heavy atom. The lowest BCUT2D eigenvalue weighted by Gasteiger charge is -2.24. The highest BCUT2D eigenvalue weighted by molar-refractivity contribution is 7.18. The van der Waals surface area contributed by atoms with Crippen molar-refractivity contribution in [1.82, 2.24) is 15.1 Å². The van der Waals surface area contributed by atoms with Crippen molar-refractivity contribution in [2.45, 2.75) is 25.1 Å². The largest absolute Gasteiger partial charge is 0.416 e. The van der Waals surface area contributed by atoms with Gasteiger partial charge >= 0.3 is 6.18 Å². The molecule has 32 heavy (non-hydrogen) atoms. The van der Waals surface area contributed by atoms with Crippen LogP contribution in [0.1, 0.15) is 28.8 Å². The number of alkyl halides is 3. The molecule has 0 radical (unpaired) electrons. The summed E-state index contributed by atoms with van der Waals surface area (Å²) in [5, 5.41) is 12.0. The summed E-state index contributed by atoms with van der Waals surface area (Å²) in [7, 11) is 0. The fraction of sp³-hybridized carbons (Fsp3) is 0.238. The molecule has 0 aliphatic carbocycles. The number of amides is 2. The highest BCUT2D eigenvalue weighted by atomic mass is 35.5. The van der Waals surface area contributed by atoms with E-state index in [0.29, 0.717) is 22.9 Å². The fourth-order valence-corrected chi connectivity index (χ4v) is 4.41. The second-order valence-electron chi connectivity index (χ2n) is 7.15. The van der Waals surface area contributed by atoms with Gasteiger partial charge in [0.15, 0.2) is 0 Å². The Bertz CT molecular complexity index is 1170. The first-order valence-corrected chi connectivity index (χ1v) is 10.8. The minimum atomic E-state index is -4.56. The minimum Gasteiger partial charge on any atom is -0.327 e. The second kappa shape index (κ2) is 8.87. The first-order chi connectivity index (χ1) is 15.2. The third-order valence-corrected chi connectivity index (χ3v) is 6.10. The summed E-state index contributed by atoms with van der Waals surface area (Å²) in [5.41, 5.74) is -0.276. The zero-order valence-corrected chi connectivity index (χ0v) is 18.0. The Morgan fingerprint density at radius 3 is 2.66 bits per heavy atom. The second-order valence-corrected chi connectivity index (χ2v) is 8.56. The summed E-state index contributed by atoms with van der Waals surface area (Å²) >= 11 is 7.14. The van der Waals surface area contributed by atoms with E-state index in [4.69, 9.17) is 11.6 Å². The zero-order chi connectivity index (χ0) is 22.9. The van der Waals surface area contributed by atoms with E-state index in [1.807, 2.05) is 6.07 Å². The lowest BCUT2D eigenvalue weighted by atomic mass is 10.1.